The number of urea groups is 1. The van der Waals surface area contributed by atoms with Crippen LogP contribution in [0, 0.1) is 0 Å². The predicted octanol–water partition coefficient (Wildman–Crippen LogP) is 6.67. The Morgan fingerprint density at radius 2 is 1.85 bits per heavy atom. The van der Waals surface area contributed by atoms with Gasteiger partial charge in [-0.2, -0.15) is 0 Å². The molecule has 1 aliphatic rings. The first-order valence-corrected chi connectivity index (χ1v) is 11.3. The van der Waals surface area contributed by atoms with E-state index in [1.807, 2.05) is 72.6 Å². The molecule has 1 N–H and O–H groups in total. The number of hydrogen-bond donors (Lipinski definition) is 1. The third-order valence-corrected chi connectivity index (χ3v) is 6.04. The summed E-state index contributed by atoms with van der Waals surface area (Å²) in [5.74, 6) is 0.809. The number of aromatic nitrogens is 1. The van der Waals surface area contributed by atoms with E-state index >= 15 is 0 Å². The summed E-state index contributed by atoms with van der Waals surface area (Å²) in [5, 5.41) is 3.61. The van der Waals surface area contributed by atoms with Crippen molar-refractivity contribution in [3.8, 4) is 11.4 Å². The van der Waals surface area contributed by atoms with Crippen molar-refractivity contribution in [1.29, 1.82) is 0 Å². The zero-order valence-electron chi connectivity index (χ0n) is 18.2. The highest BCUT2D eigenvalue weighted by Crippen LogP contribution is 2.37. The van der Waals surface area contributed by atoms with Gasteiger partial charge in [-0.15, -0.1) is 0 Å². The molecule has 1 aromatic heterocycles. The molecule has 5 rings (SSSR count). The third kappa shape index (κ3) is 4.20. The number of hydrogen-bond acceptors (Lipinski definition) is 2. The number of anilines is 1. The molecule has 166 valence electrons. The molecule has 3 aromatic carbocycles. The predicted molar refractivity (Wildman–Crippen MR) is 131 cm³/mol. The van der Waals surface area contributed by atoms with Gasteiger partial charge in [0, 0.05) is 22.6 Å². The van der Waals surface area contributed by atoms with Gasteiger partial charge in [0.2, 0.25) is 0 Å². The van der Waals surface area contributed by atoms with Crippen LogP contribution in [0.4, 0.5) is 10.5 Å². The molecule has 0 radical (unpaired) electrons. The molecule has 5 nitrogen and oxygen atoms in total. The van der Waals surface area contributed by atoms with E-state index in [4.69, 9.17) is 16.3 Å². The summed E-state index contributed by atoms with van der Waals surface area (Å²) < 4.78 is 7.80. The van der Waals surface area contributed by atoms with E-state index in [0.29, 0.717) is 23.9 Å². The summed E-state index contributed by atoms with van der Waals surface area (Å²) in [6.45, 7) is 3.03. The standard InChI is InChI=1S/C27H24ClN3O2/c1-2-33-23-14-12-19(13-15-23)26-25-11-6-16-30(25)24-10-4-3-7-20(24)18-31(26)27(32)29-22-9-5-8-21(28)17-22/h3-17,26H,2,18H2,1H3,(H,29,32)/t26-/m1/s1. The van der Waals surface area contributed by atoms with Gasteiger partial charge in [-0.1, -0.05) is 48.0 Å². The molecule has 2 heterocycles. The Morgan fingerprint density at radius 3 is 2.64 bits per heavy atom. The van der Waals surface area contributed by atoms with Crippen molar-refractivity contribution in [3.63, 3.8) is 0 Å². The van der Waals surface area contributed by atoms with Gasteiger partial charge in [-0.25, -0.2) is 4.79 Å². The molecule has 0 saturated carbocycles. The van der Waals surface area contributed by atoms with E-state index in [1.165, 1.54) is 0 Å². The number of carbonyl (C=O) groups is 1. The van der Waals surface area contributed by atoms with E-state index in [1.54, 1.807) is 12.1 Å². The zero-order chi connectivity index (χ0) is 22.8. The number of halogens is 1. The molecule has 1 aliphatic heterocycles. The van der Waals surface area contributed by atoms with Gasteiger partial charge in [0.25, 0.3) is 0 Å². The van der Waals surface area contributed by atoms with Gasteiger partial charge in [-0.05, 0) is 66.6 Å². The molecule has 0 saturated heterocycles. The lowest BCUT2D eigenvalue weighted by Crippen LogP contribution is -2.37. The highest BCUT2D eigenvalue weighted by atomic mass is 35.5. The number of ether oxygens (including phenoxy) is 1. The van der Waals surface area contributed by atoms with Gasteiger partial charge in [-0.3, -0.25) is 0 Å². The Morgan fingerprint density at radius 1 is 1.03 bits per heavy atom. The summed E-state index contributed by atoms with van der Waals surface area (Å²) in [4.78, 5) is 15.5. The first-order valence-electron chi connectivity index (χ1n) is 11.0. The number of carbonyl (C=O) groups excluding carboxylic acids is 1. The van der Waals surface area contributed by atoms with Gasteiger partial charge in [0.05, 0.1) is 24.9 Å². The molecule has 0 unspecified atom stereocenters. The molecule has 0 spiro atoms. The second-order valence-electron chi connectivity index (χ2n) is 7.90. The van der Waals surface area contributed by atoms with E-state index in [0.717, 1.165) is 28.3 Å². The highest BCUT2D eigenvalue weighted by Gasteiger charge is 2.33. The van der Waals surface area contributed by atoms with E-state index < -0.39 is 0 Å². The SMILES string of the molecule is CCOc1ccc([C@@H]2c3cccn3-c3ccccc3CN2C(=O)Nc2cccc(Cl)c2)cc1. The van der Waals surface area contributed by atoms with Crippen molar-refractivity contribution in [2.75, 3.05) is 11.9 Å². The monoisotopic (exact) mass is 457 g/mol. The number of nitrogens with one attached hydrogen (secondary N) is 1. The van der Waals surface area contributed by atoms with Crippen molar-refractivity contribution in [2.24, 2.45) is 0 Å². The first-order chi connectivity index (χ1) is 16.1. The fourth-order valence-electron chi connectivity index (χ4n) is 4.36. The van der Waals surface area contributed by atoms with Gasteiger partial charge < -0.3 is 19.5 Å². The summed E-state index contributed by atoms with van der Waals surface area (Å²) in [6.07, 6.45) is 2.05. The number of fused-ring (bicyclic) bond motifs is 3. The number of benzene rings is 3. The Kier molecular flexibility index (Phi) is 5.80. The topological polar surface area (TPSA) is 46.5 Å². The lowest BCUT2D eigenvalue weighted by atomic mass is 10.0. The normalized spacial score (nSPS) is 14.7. The highest BCUT2D eigenvalue weighted by molar-refractivity contribution is 6.30. The van der Waals surface area contributed by atoms with E-state index in [9.17, 15) is 4.79 Å². The van der Waals surface area contributed by atoms with Crippen LogP contribution in [-0.4, -0.2) is 22.1 Å². The number of nitrogens with zero attached hydrogens (tertiary/aromatic N) is 2. The average Bonchev–Trinajstić information content (AvgIpc) is 3.24. The Hall–Kier alpha value is -3.70. The minimum Gasteiger partial charge on any atom is -0.494 e. The van der Waals surface area contributed by atoms with Crippen LogP contribution < -0.4 is 10.1 Å². The van der Waals surface area contributed by atoms with Crippen molar-refractivity contribution in [1.82, 2.24) is 9.47 Å². The second kappa shape index (κ2) is 9.04. The van der Waals surface area contributed by atoms with Crippen LogP contribution in [0.15, 0.2) is 91.1 Å². The average molecular weight is 458 g/mol. The lowest BCUT2D eigenvalue weighted by Gasteiger charge is -2.31. The van der Waals surface area contributed by atoms with Crippen LogP contribution in [-0.2, 0) is 6.54 Å². The summed E-state index contributed by atoms with van der Waals surface area (Å²) in [7, 11) is 0. The van der Waals surface area contributed by atoms with Crippen LogP contribution in [0.2, 0.25) is 5.02 Å². The molecule has 1 atom stereocenters. The van der Waals surface area contributed by atoms with Crippen LogP contribution in [0.25, 0.3) is 5.69 Å². The van der Waals surface area contributed by atoms with Crippen LogP contribution in [0.1, 0.15) is 29.8 Å². The largest absolute Gasteiger partial charge is 0.494 e. The van der Waals surface area contributed by atoms with Gasteiger partial charge in [0.15, 0.2) is 0 Å². The molecule has 6 heteroatoms. The smallest absolute Gasteiger partial charge is 0.322 e. The number of rotatable bonds is 4. The lowest BCUT2D eigenvalue weighted by molar-refractivity contribution is 0.194. The zero-order valence-corrected chi connectivity index (χ0v) is 19.0. The molecule has 33 heavy (non-hydrogen) atoms. The maximum atomic E-state index is 13.7. The van der Waals surface area contributed by atoms with Crippen molar-refractivity contribution in [2.45, 2.75) is 19.5 Å². The Bertz CT molecular complexity index is 1280. The summed E-state index contributed by atoms with van der Waals surface area (Å²) in [6, 6.07) is 27.0. The van der Waals surface area contributed by atoms with Crippen molar-refractivity contribution in [3.05, 3.63) is 113 Å². The molecule has 4 aromatic rings. The molecular formula is C27H24ClN3O2. The minimum atomic E-state index is -0.290. The van der Waals surface area contributed by atoms with E-state index in [-0.39, 0.29) is 12.1 Å². The van der Waals surface area contributed by atoms with Gasteiger partial charge in [0.1, 0.15) is 5.75 Å². The van der Waals surface area contributed by atoms with Crippen LogP contribution in [0.5, 0.6) is 5.75 Å². The maximum Gasteiger partial charge on any atom is 0.322 e. The minimum absolute atomic E-state index is 0.194. The van der Waals surface area contributed by atoms with Crippen molar-refractivity contribution >= 4 is 23.3 Å². The van der Waals surface area contributed by atoms with Crippen LogP contribution in [0.3, 0.4) is 0 Å². The number of amides is 2. The molecular weight excluding hydrogens is 434 g/mol. The summed E-state index contributed by atoms with van der Waals surface area (Å²) >= 11 is 6.14. The fraction of sp³-hybridized carbons (Fsp3) is 0.148. The summed E-state index contributed by atoms with van der Waals surface area (Å²) in [5.41, 5.74) is 4.83. The van der Waals surface area contributed by atoms with Gasteiger partial charge >= 0.3 is 6.03 Å². The quantitative estimate of drug-likeness (QED) is 0.372. The second-order valence-corrected chi connectivity index (χ2v) is 8.34. The molecule has 0 fully saturated rings. The molecule has 2 amide bonds. The third-order valence-electron chi connectivity index (χ3n) is 5.81. The molecule has 0 bridgehead atoms. The fourth-order valence-corrected chi connectivity index (χ4v) is 4.55. The van der Waals surface area contributed by atoms with Crippen LogP contribution >= 0.6 is 11.6 Å². The Labute approximate surface area is 198 Å². The van der Waals surface area contributed by atoms with E-state index in [2.05, 4.69) is 28.1 Å². The maximum absolute atomic E-state index is 13.7. The molecule has 0 aliphatic carbocycles. The Balaban J connectivity index is 1.60. The number of para-hydroxylation sites is 1. The van der Waals surface area contributed by atoms with Crippen molar-refractivity contribution < 1.29 is 9.53 Å². The first kappa shape index (κ1) is 21.2.